The largest absolute Gasteiger partial charge is 0.463 e. The first-order chi connectivity index (χ1) is 28.3. The lowest BCUT2D eigenvalue weighted by Gasteiger charge is -2.09. The minimum absolute atomic E-state index is 0.186. The van der Waals surface area contributed by atoms with Gasteiger partial charge in [-0.1, -0.05) is 110 Å². The van der Waals surface area contributed by atoms with Crippen molar-refractivity contribution in [2.75, 3.05) is 152 Å². The second kappa shape index (κ2) is 53.0. The lowest BCUT2D eigenvalue weighted by atomic mass is 10.0. The molecular weight excluding hydrogens is 736 g/mol. The van der Waals surface area contributed by atoms with Crippen molar-refractivity contribution in [2.24, 2.45) is 0 Å². The Hall–Kier alpha value is -0.970. The summed E-state index contributed by atoms with van der Waals surface area (Å²) in [6.07, 6.45) is 23.4. The predicted octanol–water partition coefficient (Wildman–Crippen LogP) is 7.77. The summed E-state index contributed by atoms with van der Waals surface area (Å²) in [6.45, 7) is 16.1. The summed E-state index contributed by atoms with van der Waals surface area (Å²) >= 11 is 0. The Kier molecular flexibility index (Phi) is 52.1. The van der Waals surface area contributed by atoms with Gasteiger partial charge in [-0.15, -0.1) is 0 Å². The Morgan fingerprint density at radius 1 is 0.246 bits per heavy atom. The molecule has 0 spiro atoms. The molecule has 0 aromatic rings. The van der Waals surface area contributed by atoms with E-state index in [2.05, 4.69) is 6.92 Å². The number of carbonyl (C=O) groups excluding carboxylic acids is 1. The zero-order valence-corrected chi connectivity index (χ0v) is 36.8. The molecule has 57 heavy (non-hydrogen) atoms. The second-order valence-corrected chi connectivity index (χ2v) is 14.0. The van der Waals surface area contributed by atoms with Crippen molar-refractivity contribution >= 4 is 5.97 Å². The van der Waals surface area contributed by atoms with Gasteiger partial charge in [0.15, 0.2) is 0 Å². The highest BCUT2D eigenvalue weighted by Gasteiger charge is 2.01. The van der Waals surface area contributed by atoms with Crippen LogP contribution in [0.3, 0.4) is 0 Å². The molecule has 0 N–H and O–H groups in total. The van der Waals surface area contributed by atoms with Gasteiger partial charge < -0.3 is 56.8 Å². The van der Waals surface area contributed by atoms with Gasteiger partial charge in [-0.05, 0) is 12.8 Å². The molecule has 0 radical (unpaired) electrons. The number of hydrogen-bond donors (Lipinski definition) is 0. The zero-order valence-electron chi connectivity index (χ0n) is 36.8. The summed E-state index contributed by atoms with van der Waals surface area (Å²) < 4.78 is 65.6. The van der Waals surface area contributed by atoms with E-state index in [1.54, 1.807) is 0 Å². The summed E-state index contributed by atoms with van der Waals surface area (Å²) in [5, 5.41) is 0. The average molecular weight is 825 g/mol. The molecule has 0 atom stereocenters. The van der Waals surface area contributed by atoms with Crippen molar-refractivity contribution in [3.63, 3.8) is 0 Å². The number of carbonyl (C=O) groups is 1. The molecule has 0 aromatic carbocycles. The van der Waals surface area contributed by atoms with E-state index in [1.165, 1.54) is 96.3 Å². The maximum atomic E-state index is 11.2. The lowest BCUT2D eigenvalue weighted by molar-refractivity contribution is -0.145. The number of rotatable bonds is 52. The quantitative estimate of drug-likeness (QED) is 0.0438. The van der Waals surface area contributed by atoms with Gasteiger partial charge in [0, 0.05) is 13.0 Å². The van der Waals surface area contributed by atoms with Crippen LogP contribution in [0.4, 0.5) is 0 Å². The predicted molar refractivity (Wildman–Crippen MR) is 224 cm³/mol. The van der Waals surface area contributed by atoms with Crippen molar-refractivity contribution < 1.29 is 61.6 Å². The van der Waals surface area contributed by atoms with E-state index in [0.717, 1.165) is 19.4 Å². The molecule has 13 heteroatoms. The smallest absolute Gasteiger partial charge is 0.305 e. The van der Waals surface area contributed by atoms with Crippen molar-refractivity contribution in [1.29, 1.82) is 0 Å². The van der Waals surface area contributed by atoms with Crippen molar-refractivity contribution in [1.82, 2.24) is 0 Å². The molecule has 0 amide bonds. The molecule has 0 rings (SSSR count). The van der Waals surface area contributed by atoms with Gasteiger partial charge in [0.05, 0.1) is 139 Å². The minimum Gasteiger partial charge on any atom is -0.463 e. The summed E-state index contributed by atoms with van der Waals surface area (Å²) in [6, 6.07) is 0. The Morgan fingerprint density at radius 2 is 0.456 bits per heavy atom. The fourth-order valence-corrected chi connectivity index (χ4v) is 5.54. The van der Waals surface area contributed by atoms with Gasteiger partial charge in [0.2, 0.25) is 0 Å². The molecule has 0 aliphatic heterocycles. The van der Waals surface area contributed by atoms with Crippen LogP contribution in [0.1, 0.15) is 129 Å². The average Bonchev–Trinajstić information content (AvgIpc) is 3.21. The molecule has 342 valence electrons. The Labute approximate surface area is 348 Å². The van der Waals surface area contributed by atoms with E-state index >= 15 is 0 Å². The summed E-state index contributed by atoms with van der Waals surface area (Å²) in [7, 11) is 0. The SMILES string of the molecule is CCCCCCCCCCCCCCCCCCOCCOCCOCCOCCOCCOCCOCCOCCOCCOCCOCCOC(=O)CCC. The summed E-state index contributed by atoms with van der Waals surface area (Å²) in [5.74, 6) is -0.186. The monoisotopic (exact) mass is 825 g/mol. The first kappa shape index (κ1) is 56.0. The Bertz CT molecular complexity index is 734. The molecule has 0 unspecified atom stereocenters. The van der Waals surface area contributed by atoms with Crippen LogP contribution >= 0.6 is 0 Å². The third kappa shape index (κ3) is 53.0. The highest BCUT2D eigenvalue weighted by atomic mass is 16.6. The normalized spacial score (nSPS) is 11.5. The molecule has 0 saturated carbocycles. The van der Waals surface area contributed by atoms with Gasteiger partial charge in [-0.3, -0.25) is 4.79 Å². The van der Waals surface area contributed by atoms with E-state index in [-0.39, 0.29) is 12.6 Å². The first-order valence-corrected chi connectivity index (χ1v) is 22.8. The van der Waals surface area contributed by atoms with Gasteiger partial charge in [0.1, 0.15) is 6.61 Å². The van der Waals surface area contributed by atoms with Gasteiger partial charge >= 0.3 is 5.97 Å². The van der Waals surface area contributed by atoms with Crippen LogP contribution in [0.5, 0.6) is 0 Å². The fraction of sp³-hybridized carbons (Fsp3) is 0.977. The highest BCUT2D eigenvalue weighted by Crippen LogP contribution is 2.13. The van der Waals surface area contributed by atoms with Crippen molar-refractivity contribution in [3.05, 3.63) is 0 Å². The number of unbranched alkanes of at least 4 members (excludes halogenated alkanes) is 15. The van der Waals surface area contributed by atoms with Crippen LogP contribution < -0.4 is 0 Å². The van der Waals surface area contributed by atoms with E-state index in [1.807, 2.05) is 6.92 Å². The molecule has 0 fully saturated rings. The van der Waals surface area contributed by atoms with E-state index in [4.69, 9.17) is 56.8 Å². The number of ether oxygens (including phenoxy) is 12. The van der Waals surface area contributed by atoms with Crippen molar-refractivity contribution in [3.8, 4) is 0 Å². The third-order valence-corrected chi connectivity index (χ3v) is 8.81. The van der Waals surface area contributed by atoms with Crippen LogP contribution in [0.25, 0.3) is 0 Å². The van der Waals surface area contributed by atoms with Crippen LogP contribution in [0.15, 0.2) is 0 Å². The summed E-state index contributed by atoms with van der Waals surface area (Å²) in [5.41, 5.74) is 0. The molecule has 0 aromatic heterocycles. The molecule has 0 saturated heterocycles. The number of esters is 1. The van der Waals surface area contributed by atoms with Gasteiger partial charge in [-0.2, -0.15) is 0 Å². The van der Waals surface area contributed by atoms with Crippen LogP contribution in [-0.2, 0) is 61.6 Å². The highest BCUT2D eigenvalue weighted by molar-refractivity contribution is 5.69. The first-order valence-electron chi connectivity index (χ1n) is 22.8. The minimum atomic E-state index is -0.186. The molecule has 0 bridgehead atoms. The van der Waals surface area contributed by atoms with Crippen LogP contribution in [0, 0.1) is 0 Å². The maximum absolute atomic E-state index is 11.2. The van der Waals surface area contributed by atoms with Gasteiger partial charge in [-0.25, -0.2) is 0 Å². The van der Waals surface area contributed by atoms with Crippen molar-refractivity contribution in [2.45, 2.75) is 129 Å². The Balaban J connectivity index is 3.07. The molecule has 13 nitrogen and oxygen atoms in total. The van der Waals surface area contributed by atoms with E-state index in [9.17, 15) is 4.79 Å². The topological polar surface area (TPSA) is 128 Å². The van der Waals surface area contributed by atoms with Crippen LogP contribution in [0.2, 0.25) is 0 Å². The van der Waals surface area contributed by atoms with E-state index in [0.29, 0.717) is 145 Å². The fourth-order valence-electron chi connectivity index (χ4n) is 5.54. The molecule has 0 aliphatic carbocycles. The third-order valence-electron chi connectivity index (χ3n) is 8.81. The van der Waals surface area contributed by atoms with Gasteiger partial charge in [0.25, 0.3) is 0 Å². The molecular formula is C44H88O13. The van der Waals surface area contributed by atoms with Crippen LogP contribution in [-0.4, -0.2) is 158 Å². The number of hydrogen-bond acceptors (Lipinski definition) is 13. The summed E-state index contributed by atoms with van der Waals surface area (Å²) in [4.78, 5) is 11.2. The second-order valence-electron chi connectivity index (χ2n) is 14.0. The maximum Gasteiger partial charge on any atom is 0.305 e. The lowest BCUT2D eigenvalue weighted by Crippen LogP contribution is -2.15. The Morgan fingerprint density at radius 3 is 0.702 bits per heavy atom. The molecule has 0 heterocycles. The molecule has 0 aliphatic rings. The standard InChI is InChI=1S/C44H88O13/c1-3-5-6-7-8-9-10-11-12-13-14-15-16-17-18-19-21-46-22-23-47-24-25-48-26-27-49-28-29-50-30-31-51-32-33-52-34-35-53-36-37-54-38-39-55-40-41-56-42-43-57-44(45)20-4-2/h3-43H2,1-2H3. The van der Waals surface area contributed by atoms with E-state index < -0.39 is 0 Å². The zero-order chi connectivity index (χ0) is 41.1.